The summed E-state index contributed by atoms with van der Waals surface area (Å²) in [7, 11) is 1.51. The van der Waals surface area contributed by atoms with E-state index in [0.717, 1.165) is 4.57 Å². The van der Waals surface area contributed by atoms with E-state index < -0.39 is 29.0 Å². The zero-order valence-corrected chi connectivity index (χ0v) is 18.8. The summed E-state index contributed by atoms with van der Waals surface area (Å²) in [4.78, 5) is 41.7. The summed E-state index contributed by atoms with van der Waals surface area (Å²) in [6, 6.07) is 11.8. The van der Waals surface area contributed by atoms with Gasteiger partial charge in [0.25, 0.3) is 5.56 Å². The smallest absolute Gasteiger partial charge is 0.337 e. The molecule has 170 valence electrons. The van der Waals surface area contributed by atoms with E-state index in [1.54, 1.807) is 37.3 Å². The number of hydrogen-bond donors (Lipinski definition) is 1. The predicted molar refractivity (Wildman–Crippen MR) is 125 cm³/mol. The molecule has 0 bridgehead atoms. The fraction of sp³-hybridized carbons (Fsp3) is 0.292. The largest absolute Gasteiger partial charge is 0.377 e. The molecule has 1 N–H and O–H groups in total. The first-order valence-electron chi connectivity index (χ1n) is 10.8. The van der Waals surface area contributed by atoms with E-state index in [0.29, 0.717) is 23.6 Å². The van der Waals surface area contributed by atoms with Crippen LogP contribution in [0.1, 0.15) is 37.4 Å². The molecule has 2 aliphatic rings. The molecule has 2 heterocycles. The standard InChI is InChI=1S/C24H22ClFN4O3/c1-13-20(27-15-9-7-14(25)8-10-15)19-21(28(2)22(13)31)30(18-6-4-3-5-17(18)26)24(33)29(23(19)32)16-11-12-16/h3-10,13,16,20,27H,11-12H2,1-2H3. The van der Waals surface area contributed by atoms with Gasteiger partial charge < -0.3 is 10.2 Å². The maximum absolute atomic E-state index is 14.9. The quantitative estimate of drug-likeness (QED) is 0.630. The summed E-state index contributed by atoms with van der Waals surface area (Å²) in [6.07, 6.45) is 1.40. The zero-order chi connectivity index (χ0) is 23.4. The molecule has 0 saturated heterocycles. The first-order valence-corrected chi connectivity index (χ1v) is 11.1. The zero-order valence-electron chi connectivity index (χ0n) is 18.1. The van der Waals surface area contributed by atoms with Gasteiger partial charge in [-0.3, -0.25) is 14.2 Å². The number of nitrogens with one attached hydrogen (secondary N) is 1. The van der Waals surface area contributed by atoms with E-state index in [-0.39, 0.29) is 29.0 Å². The number of halogens is 2. The van der Waals surface area contributed by atoms with Crippen molar-refractivity contribution in [1.29, 1.82) is 0 Å². The van der Waals surface area contributed by atoms with Crippen molar-refractivity contribution < 1.29 is 9.18 Å². The Hall–Kier alpha value is -3.39. The van der Waals surface area contributed by atoms with Crippen LogP contribution in [0.4, 0.5) is 15.9 Å². The lowest BCUT2D eigenvalue weighted by Crippen LogP contribution is -2.52. The summed E-state index contributed by atoms with van der Waals surface area (Å²) in [5, 5.41) is 3.83. The van der Waals surface area contributed by atoms with Crippen molar-refractivity contribution in [3.05, 3.63) is 85.8 Å². The van der Waals surface area contributed by atoms with Crippen molar-refractivity contribution in [2.75, 3.05) is 17.3 Å². The van der Waals surface area contributed by atoms with E-state index in [1.807, 2.05) is 0 Å². The molecule has 1 aliphatic carbocycles. The second-order valence-electron chi connectivity index (χ2n) is 8.53. The summed E-state index contributed by atoms with van der Waals surface area (Å²) in [5.41, 5.74) is -0.184. The van der Waals surface area contributed by atoms with Crippen molar-refractivity contribution in [1.82, 2.24) is 9.13 Å². The fourth-order valence-corrected chi connectivity index (χ4v) is 4.59. The highest BCUT2D eigenvalue weighted by Gasteiger charge is 2.43. The summed E-state index contributed by atoms with van der Waals surface area (Å²) in [5.74, 6) is -1.43. The number of nitrogens with zero attached hydrogens (tertiary/aromatic N) is 3. The predicted octanol–water partition coefficient (Wildman–Crippen LogP) is 3.89. The molecule has 3 aromatic rings. The van der Waals surface area contributed by atoms with Crippen molar-refractivity contribution in [3.8, 4) is 5.69 Å². The van der Waals surface area contributed by atoms with Crippen LogP contribution in [0.3, 0.4) is 0 Å². The van der Waals surface area contributed by atoms with Crippen molar-refractivity contribution in [2.24, 2.45) is 5.92 Å². The van der Waals surface area contributed by atoms with Crippen molar-refractivity contribution in [3.63, 3.8) is 0 Å². The van der Waals surface area contributed by atoms with E-state index in [1.165, 1.54) is 34.7 Å². The SMILES string of the molecule is CC1C(=O)N(C)c2c(c(=O)n(C3CC3)c(=O)n2-c2ccccc2F)C1Nc1ccc(Cl)cc1. The number of fused-ring (bicyclic) bond motifs is 1. The number of hydrogen-bond acceptors (Lipinski definition) is 4. The van der Waals surface area contributed by atoms with Gasteiger partial charge in [-0.1, -0.05) is 30.7 Å². The minimum atomic E-state index is -0.721. The Labute approximate surface area is 194 Å². The van der Waals surface area contributed by atoms with Gasteiger partial charge in [0.15, 0.2) is 0 Å². The molecule has 1 aliphatic heterocycles. The molecule has 33 heavy (non-hydrogen) atoms. The third-order valence-electron chi connectivity index (χ3n) is 6.32. The Balaban J connectivity index is 1.82. The van der Waals surface area contributed by atoms with Gasteiger partial charge in [-0.05, 0) is 49.2 Å². The van der Waals surface area contributed by atoms with Crippen LogP contribution in [0.5, 0.6) is 0 Å². The average Bonchev–Trinajstić information content (AvgIpc) is 3.62. The molecule has 1 fully saturated rings. The molecule has 0 radical (unpaired) electrons. The Morgan fingerprint density at radius 1 is 1.03 bits per heavy atom. The number of para-hydroxylation sites is 1. The van der Waals surface area contributed by atoms with Gasteiger partial charge >= 0.3 is 5.69 Å². The third kappa shape index (κ3) is 3.45. The molecule has 7 nitrogen and oxygen atoms in total. The maximum Gasteiger partial charge on any atom is 0.337 e. The number of anilines is 2. The number of rotatable bonds is 4. The van der Waals surface area contributed by atoms with E-state index in [4.69, 9.17) is 11.6 Å². The average molecular weight is 469 g/mol. The van der Waals surface area contributed by atoms with E-state index >= 15 is 0 Å². The van der Waals surface area contributed by atoms with Crippen LogP contribution in [0.15, 0.2) is 58.1 Å². The molecule has 0 spiro atoms. The monoisotopic (exact) mass is 468 g/mol. The van der Waals surface area contributed by atoms with Gasteiger partial charge in [0.2, 0.25) is 5.91 Å². The van der Waals surface area contributed by atoms with Crippen LogP contribution in [0, 0.1) is 11.7 Å². The first kappa shape index (κ1) is 21.5. The molecular formula is C24H22ClFN4O3. The second-order valence-corrected chi connectivity index (χ2v) is 8.96. The number of aromatic nitrogens is 2. The lowest BCUT2D eigenvalue weighted by molar-refractivity contribution is -0.122. The van der Waals surface area contributed by atoms with Crippen LogP contribution >= 0.6 is 11.6 Å². The van der Waals surface area contributed by atoms with Gasteiger partial charge in [0, 0.05) is 23.8 Å². The van der Waals surface area contributed by atoms with Crippen LogP contribution in [0.25, 0.3) is 5.69 Å². The Morgan fingerprint density at radius 2 is 1.70 bits per heavy atom. The topological polar surface area (TPSA) is 76.3 Å². The number of benzene rings is 2. The molecule has 1 amide bonds. The van der Waals surface area contributed by atoms with Gasteiger partial charge in [0.1, 0.15) is 11.6 Å². The molecular weight excluding hydrogens is 447 g/mol. The first-order chi connectivity index (χ1) is 15.8. The molecule has 2 unspecified atom stereocenters. The lowest BCUT2D eigenvalue weighted by Gasteiger charge is -2.38. The molecule has 1 saturated carbocycles. The molecule has 2 atom stereocenters. The van der Waals surface area contributed by atoms with Crippen LogP contribution in [0.2, 0.25) is 5.02 Å². The van der Waals surface area contributed by atoms with Crippen molar-refractivity contribution >= 4 is 29.0 Å². The van der Waals surface area contributed by atoms with Crippen LogP contribution < -0.4 is 21.5 Å². The minimum Gasteiger partial charge on any atom is -0.377 e. The summed E-state index contributed by atoms with van der Waals surface area (Å²) in [6.45, 7) is 1.73. The highest BCUT2D eigenvalue weighted by Crippen LogP contribution is 2.40. The van der Waals surface area contributed by atoms with E-state index in [9.17, 15) is 18.8 Å². The number of carbonyl (C=O) groups is 1. The van der Waals surface area contributed by atoms with Gasteiger partial charge in [0.05, 0.1) is 23.2 Å². The lowest BCUT2D eigenvalue weighted by atomic mass is 9.89. The minimum absolute atomic E-state index is 0.00686. The number of amides is 1. The Kier molecular flexibility index (Phi) is 5.12. The Bertz CT molecular complexity index is 1380. The summed E-state index contributed by atoms with van der Waals surface area (Å²) >= 11 is 6.00. The number of carbonyl (C=O) groups excluding carboxylic acids is 1. The van der Waals surface area contributed by atoms with Crippen molar-refractivity contribution in [2.45, 2.75) is 31.8 Å². The molecule has 9 heteroatoms. The fourth-order valence-electron chi connectivity index (χ4n) is 4.46. The molecule has 2 aromatic carbocycles. The van der Waals surface area contributed by atoms with E-state index in [2.05, 4.69) is 5.32 Å². The highest BCUT2D eigenvalue weighted by atomic mass is 35.5. The summed E-state index contributed by atoms with van der Waals surface area (Å²) < 4.78 is 17.2. The van der Waals surface area contributed by atoms with Gasteiger partial charge in [-0.2, -0.15) is 0 Å². The van der Waals surface area contributed by atoms with Gasteiger partial charge in [-0.25, -0.2) is 13.8 Å². The normalized spacial score (nSPS) is 20.0. The second kappa shape index (κ2) is 7.88. The third-order valence-corrected chi connectivity index (χ3v) is 6.57. The highest BCUT2D eigenvalue weighted by molar-refractivity contribution is 6.30. The van der Waals surface area contributed by atoms with Crippen LogP contribution in [-0.4, -0.2) is 22.1 Å². The van der Waals surface area contributed by atoms with Gasteiger partial charge in [-0.15, -0.1) is 0 Å². The molecule has 1 aromatic heterocycles. The molecule has 5 rings (SSSR count). The Morgan fingerprint density at radius 3 is 2.33 bits per heavy atom. The van der Waals surface area contributed by atoms with Crippen LogP contribution in [-0.2, 0) is 4.79 Å². The maximum atomic E-state index is 14.9.